The zero-order valence-electron chi connectivity index (χ0n) is 12.2. The molecule has 2 heterocycles. The number of anilines is 1. The number of furan rings is 1. The topological polar surface area (TPSA) is 42.2 Å². The number of thiophene rings is 1. The minimum absolute atomic E-state index is 0.218. The fourth-order valence-corrected chi connectivity index (χ4v) is 2.46. The molecule has 0 spiro atoms. The Morgan fingerprint density at radius 3 is 2.87 bits per heavy atom. The van der Waals surface area contributed by atoms with E-state index in [9.17, 15) is 4.79 Å². The van der Waals surface area contributed by atoms with E-state index >= 15 is 0 Å². The lowest BCUT2D eigenvalue weighted by Gasteiger charge is -2.02. The lowest BCUT2D eigenvalue weighted by Crippen LogP contribution is -2.07. The summed E-state index contributed by atoms with van der Waals surface area (Å²) >= 11 is 1.60. The van der Waals surface area contributed by atoms with Crippen LogP contribution in [-0.4, -0.2) is 5.91 Å². The van der Waals surface area contributed by atoms with Crippen molar-refractivity contribution in [1.29, 1.82) is 0 Å². The second-order valence-electron chi connectivity index (χ2n) is 4.65. The maximum atomic E-state index is 11.9. The summed E-state index contributed by atoms with van der Waals surface area (Å²) < 4.78 is 5.14. The third-order valence-corrected chi connectivity index (χ3v) is 3.71. The normalized spacial score (nSPS) is 10.3. The zero-order chi connectivity index (χ0) is 15.9. The van der Waals surface area contributed by atoms with Gasteiger partial charge in [-0.25, -0.2) is 0 Å². The molecule has 0 bridgehead atoms. The average molecular weight is 319 g/mol. The summed E-state index contributed by atoms with van der Waals surface area (Å²) in [5.41, 5.74) is 1.56. The van der Waals surface area contributed by atoms with E-state index in [1.54, 1.807) is 35.8 Å². The van der Waals surface area contributed by atoms with Crippen LogP contribution in [0, 0.1) is 11.8 Å². The van der Waals surface area contributed by atoms with Gasteiger partial charge in [0.1, 0.15) is 5.76 Å². The number of rotatable bonds is 3. The molecule has 0 aliphatic rings. The number of nitrogens with one attached hydrogen (secondary N) is 1. The van der Waals surface area contributed by atoms with Gasteiger partial charge in [0, 0.05) is 17.3 Å². The quantitative estimate of drug-likeness (QED) is 0.574. The van der Waals surface area contributed by atoms with Gasteiger partial charge in [-0.05, 0) is 47.9 Å². The van der Waals surface area contributed by atoms with Gasteiger partial charge in [-0.1, -0.05) is 24.0 Å². The van der Waals surface area contributed by atoms with E-state index in [0.717, 1.165) is 10.4 Å². The molecule has 0 saturated carbocycles. The summed E-state index contributed by atoms with van der Waals surface area (Å²) in [6.07, 6.45) is 4.62. The van der Waals surface area contributed by atoms with Crippen LogP contribution in [0.3, 0.4) is 0 Å². The molecule has 1 aromatic carbocycles. The highest BCUT2D eigenvalue weighted by Crippen LogP contribution is 2.11. The maximum Gasteiger partial charge on any atom is 0.248 e. The van der Waals surface area contributed by atoms with E-state index in [1.807, 2.05) is 41.8 Å². The number of hydrogen-bond acceptors (Lipinski definition) is 3. The van der Waals surface area contributed by atoms with Gasteiger partial charge in [-0.2, -0.15) is 0 Å². The molecule has 0 saturated heterocycles. The highest BCUT2D eigenvalue weighted by Gasteiger charge is 1.99. The van der Waals surface area contributed by atoms with Crippen molar-refractivity contribution in [2.24, 2.45) is 0 Å². The van der Waals surface area contributed by atoms with Gasteiger partial charge in [0.15, 0.2) is 0 Å². The van der Waals surface area contributed by atoms with E-state index in [-0.39, 0.29) is 5.91 Å². The summed E-state index contributed by atoms with van der Waals surface area (Å²) in [5, 5.41) is 4.80. The minimum atomic E-state index is -0.218. The van der Waals surface area contributed by atoms with Crippen molar-refractivity contribution in [3.63, 3.8) is 0 Å². The van der Waals surface area contributed by atoms with Gasteiger partial charge < -0.3 is 9.73 Å². The molecule has 0 aliphatic heterocycles. The Bertz CT molecular complexity index is 866. The summed E-state index contributed by atoms with van der Waals surface area (Å²) in [5.74, 6) is 6.60. The van der Waals surface area contributed by atoms with Crippen molar-refractivity contribution in [2.45, 2.75) is 0 Å². The number of benzene rings is 1. The van der Waals surface area contributed by atoms with Gasteiger partial charge in [0.05, 0.1) is 11.1 Å². The van der Waals surface area contributed by atoms with E-state index in [0.29, 0.717) is 11.4 Å². The third kappa shape index (κ3) is 4.47. The van der Waals surface area contributed by atoms with Crippen molar-refractivity contribution in [3.05, 3.63) is 82.5 Å². The Morgan fingerprint density at radius 2 is 2.09 bits per heavy atom. The minimum Gasteiger partial charge on any atom is -0.465 e. The molecule has 4 heteroatoms. The van der Waals surface area contributed by atoms with Crippen molar-refractivity contribution in [2.75, 3.05) is 5.32 Å². The molecule has 0 radical (unpaired) electrons. The number of carbonyl (C=O) groups is 1. The molecule has 0 fully saturated rings. The molecule has 3 aromatic rings. The van der Waals surface area contributed by atoms with Crippen LogP contribution in [0.15, 0.2) is 70.7 Å². The molecule has 3 rings (SSSR count). The van der Waals surface area contributed by atoms with Gasteiger partial charge in [-0.3, -0.25) is 4.79 Å². The highest BCUT2D eigenvalue weighted by molar-refractivity contribution is 7.10. The molecule has 3 nitrogen and oxygen atoms in total. The Hall–Kier alpha value is -3.03. The summed E-state index contributed by atoms with van der Waals surface area (Å²) in [7, 11) is 0. The molecule has 1 amide bonds. The van der Waals surface area contributed by atoms with E-state index in [1.165, 1.54) is 6.08 Å². The van der Waals surface area contributed by atoms with Gasteiger partial charge >= 0.3 is 0 Å². The Labute approximate surface area is 138 Å². The van der Waals surface area contributed by atoms with Gasteiger partial charge in [0.2, 0.25) is 5.91 Å². The van der Waals surface area contributed by atoms with Crippen molar-refractivity contribution >= 4 is 29.0 Å². The first-order valence-corrected chi connectivity index (χ1v) is 7.86. The molecular weight excluding hydrogens is 306 g/mol. The standard InChI is InChI=1S/C19H13NO2S/c21-19(11-9-17-6-2-12-22-17)20-16-5-1-4-15(14-16)8-10-18-7-3-13-23-18/h1-7,9,11-14H,(H,20,21)/b11-9+. The van der Waals surface area contributed by atoms with Crippen molar-refractivity contribution in [1.82, 2.24) is 0 Å². The van der Waals surface area contributed by atoms with Crippen LogP contribution >= 0.6 is 11.3 Å². The van der Waals surface area contributed by atoms with E-state index in [2.05, 4.69) is 17.2 Å². The SMILES string of the molecule is O=C(/C=C/c1ccco1)Nc1cccc(C#Cc2cccs2)c1. The van der Waals surface area contributed by atoms with Crippen molar-refractivity contribution < 1.29 is 9.21 Å². The number of hydrogen-bond donors (Lipinski definition) is 1. The second kappa shape index (κ2) is 7.30. The van der Waals surface area contributed by atoms with Crippen LogP contribution < -0.4 is 5.32 Å². The third-order valence-electron chi connectivity index (χ3n) is 2.92. The predicted octanol–water partition coefficient (Wildman–Crippen LogP) is 4.39. The fraction of sp³-hybridized carbons (Fsp3) is 0. The van der Waals surface area contributed by atoms with Crippen LogP contribution in [-0.2, 0) is 4.79 Å². The van der Waals surface area contributed by atoms with Gasteiger partial charge in [0.25, 0.3) is 0 Å². The molecule has 2 aromatic heterocycles. The van der Waals surface area contributed by atoms with E-state index in [4.69, 9.17) is 4.42 Å². The monoisotopic (exact) mass is 319 g/mol. The predicted molar refractivity (Wildman–Crippen MR) is 93.1 cm³/mol. The first-order valence-electron chi connectivity index (χ1n) is 6.98. The smallest absolute Gasteiger partial charge is 0.248 e. The average Bonchev–Trinajstić information content (AvgIpc) is 3.25. The summed E-state index contributed by atoms with van der Waals surface area (Å²) in [6.45, 7) is 0. The highest BCUT2D eigenvalue weighted by atomic mass is 32.1. The van der Waals surface area contributed by atoms with Gasteiger partial charge in [-0.15, -0.1) is 11.3 Å². The van der Waals surface area contributed by atoms with Crippen molar-refractivity contribution in [3.8, 4) is 11.8 Å². The summed E-state index contributed by atoms with van der Waals surface area (Å²) in [6, 6.07) is 14.9. The molecule has 0 unspecified atom stereocenters. The second-order valence-corrected chi connectivity index (χ2v) is 5.59. The number of carbonyl (C=O) groups excluding carboxylic acids is 1. The van der Waals surface area contributed by atoms with E-state index < -0.39 is 0 Å². The molecule has 23 heavy (non-hydrogen) atoms. The number of amides is 1. The molecule has 1 N–H and O–H groups in total. The lowest BCUT2D eigenvalue weighted by molar-refractivity contribution is -0.111. The lowest BCUT2D eigenvalue weighted by atomic mass is 10.2. The molecular formula is C19H13NO2S. The molecule has 0 atom stereocenters. The first-order chi connectivity index (χ1) is 11.3. The maximum absolute atomic E-state index is 11.9. The van der Waals surface area contributed by atoms with Crippen LogP contribution in [0.4, 0.5) is 5.69 Å². The Kier molecular flexibility index (Phi) is 4.72. The Morgan fingerprint density at radius 1 is 1.13 bits per heavy atom. The summed E-state index contributed by atoms with van der Waals surface area (Å²) in [4.78, 5) is 12.9. The zero-order valence-corrected chi connectivity index (χ0v) is 13.0. The van der Waals surface area contributed by atoms with Crippen LogP contribution in [0.25, 0.3) is 6.08 Å². The van der Waals surface area contributed by atoms with Crippen LogP contribution in [0.1, 0.15) is 16.2 Å². The molecule has 112 valence electrons. The Balaban J connectivity index is 1.66. The van der Waals surface area contributed by atoms with Crippen LogP contribution in [0.2, 0.25) is 0 Å². The largest absolute Gasteiger partial charge is 0.465 e. The fourth-order valence-electron chi connectivity index (χ4n) is 1.89. The molecule has 0 aliphatic carbocycles. The first kappa shape index (κ1) is 14.9. The van der Waals surface area contributed by atoms with Crippen LogP contribution in [0.5, 0.6) is 0 Å².